The van der Waals surface area contributed by atoms with Crippen LogP contribution < -0.4 is 10.6 Å². The first-order chi connectivity index (χ1) is 8.43. The quantitative estimate of drug-likeness (QED) is 0.833. The molecule has 3 rings (SSSR count). The molecule has 0 aromatic carbocycles. The average Bonchev–Trinajstić information content (AvgIpc) is 2.90. The molecule has 1 saturated heterocycles. The molecule has 1 fully saturated rings. The van der Waals surface area contributed by atoms with E-state index >= 15 is 0 Å². The molecule has 1 aromatic rings. The van der Waals surface area contributed by atoms with E-state index in [-0.39, 0.29) is 0 Å². The minimum absolute atomic E-state index is 0.576. The summed E-state index contributed by atoms with van der Waals surface area (Å²) in [6.45, 7) is 3.28. The average molecular weight is 250 g/mol. The van der Waals surface area contributed by atoms with E-state index in [1.54, 1.807) is 0 Å². The van der Waals surface area contributed by atoms with Crippen LogP contribution in [0.1, 0.15) is 24.6 Å². The Morgan fingerprint density at radius 1 is 1.29 bits per heavy atom. The van der Waals surface area contributed by atoms with Crippen molar-refractivity contribution in [1.29, 1.82) is 0 Å². The molecule has 1 aromatic heterocycles. The Hall–Kier alpha value is -0.940. The molecule has 4 nitrogen and oxygen atoms in total. The first-order valence-corrected chi connectivity index (χ1v) is 7.24. The lowest BCUT2D eigenvalue weighted by atomic mass is 10.1. The summed E-state index contributed by atoms with van der Waals surface area (Å²) in [5.41, 5.74) is 1.11. The van der Waals surface area contributed by atoms with Crippen molar-refractivity contribution in [1.82, 2.24) is 20.4 Å². The minimum Gasteiger partial charge on any atom is -0.389 e. The molecule has 0 radical (unpaired) electrons. The molecule has 92 valence electrons. The molecule has 0 amide bonds. The summed E-state index contributed by atoms with van der Waals surface area (Å²) < 4.78 is 2.15. The maximum absolute atomic E-state index is 4.72. The van der Waals surface area contributed by atoms with Gasteiger partial charge in [-0.3, -0.25) is 4.68 Å². The standard InChI is InChI=1S/C12H18N4S/c1-4-13-5-2-10(1)16-7-3-11(15-16)12-9-14-6-8-17-12/h3,7,9-10,13-14H,1-2,4-6,8H2. The Morgan fingerprint density at radius 2 is 2.18 bits per heavy atom. The molecule has 5 heteroatoms. The first kappa shape index (κ1) is 11.2. The highest BCUT2D eigenvalue weighted by molar-refractivity contribution is 8.08. The molecule has 0 spiro atoms. The fourth-order valence-corrected chi connectivity index (χ4v) is 3.18. The third-order valence-corrected chi connectivity index (χ3v) is 4.33. The molecule has 3 heterocycles. The number of hydrogen-bond donors (Lipinski definition) is 2. The van der Waals surface area contributed by atoms with Crippen LogP contribution in [0.4, 0.5) is 0 Å². The van der Waals surface area contributed by atoms with Crippen molar-refractivity contribution in [2.75, 3.05) is 25.4 Å². The van der Waals surface area contributed by atoms with Crippen molar-refractivity contribution in [3.8, 4) is 0 Å². The van der Waals surface area contributed by atoms with Gasteiger partial charge in [0.25, 0.3) is 0 Å². The van der Waals surface area contributed by atoms with Gasteiger partial charge in [0.1, 0.15) is 5.69 Å². The van der Waals surface area contributed by atoms with Gasteiger partial charge in [0, 0.05) is 24.7 Å². The van der Waals surface area contributed by atoms with E-state index in [9.17, 15) is 0 Å². The molecule has 0 bridgehead atoms. The molecular formula is C12H18N4S. The Morgan fingerprint density at radius 3 is 2.94 bits per heavy atom. The summed E-state index contributed by atoms with van der Waals surface area (Å²) in [4.78, 5) is 1.27. The zero-order valence-corrected chi connectivity index (χ0v) is 10.7. The van der Waals surface area contributed by atoms with Gasteiger partial charge in [-0.25, -0.2) is 0 Å². The molecule has 0 saturated carbocycles. The summed E-state index contributed by atoms with van der Waals surface area (Å²) in [5.74, 6) is 1.13. The van der Waals surface area contributed by atoms with Crippen LogP contribution in [-0.4, -0.2) is 35.2 Å². The minimum atomic E-state index is 0.576. The van der Waals surface area contributed by atoms with E-state index in [0.29, 0.717) is 6.04 Å². The van der Waals surface area contributed by atoms with Gasteiger partial charge < -0.3 is 10.6 Å². The molecule has 0 atom stereocenters. The highest BCUT2D eigenvalue weighted by atomic mass is 32.2. The second-order valence-corrected chi connectivity index (χ2v) is 5.61. The van der Waals surface area contributed by atoms with E-state index in [1.807, 2.05) is 11.8 Å². The Labute approximate surface area is 106 Å². The van der Waals surface area contributed by atoms with E-state index in [2.05, 4.69) is 33.8 Å². The Kier molecular flexibility index (Phi) is 3.38. The maximum Gasteiger partial charge on any atom is 0.100 e. The third-order valence-electron chi connectivity index (χ3n) is 3.28. The largest absolute Gasteiger partial charge is 0.389 e. The number of aromatic nitrogens is 2. The van der Waals surface area contributed by atoms with Crippen LogP contribution in [-0.2, 0) is 0 Å². The van der Waals surface area contributed by atoms with Crippen LogP contribution in [0.15, 0.2) is 18.5 Å². The van der Waals surface area contributed by atoms with Crippen LogP contribution >= 0.6 is 11.8 Å². The molecule has 2 aliphatic rings. The maximum atomic E-state index is 4.72. The lowest BCUT2D eigenvalue weighted by Gasteiger charge is -2.22. The topological polar surface area (TPSA) is 41.9 Å². The lowest BCUT2D eigenvalue weighted by molar-refractivity contribution is 0.343. The predicted molar refractivity (Wildman–Crippen MR) is 71.8 cm³/mol. The molecule has 0 aliphatic carbocycles. The number of rotatable bonds is 2. The number of piperidine rings is 1. The molecule has 2 N–H and O–H groups in total. The predicted octanol–water partition coefficient (Wildman–Crippen LogP) is 1.44. The van der Waals surface area contributed by atoms with Crippen molar-refractivity contribution in [2.45, 2.75) is 18.9 Å². The molecule has 17 heavy (non-hydrogen) atoms. The summed E-state index contributed by atoms with van der Waals surface area (Å²) in [6, 6.07) is 2.71. The van der Waals surface area contributed by atoms with E-state index < -0.39 is 0 Å². The van der Waals surface area contributed by atoms with Gasteiger partial charge in [-0.1, -0.05) is 0 Å². The lowest BCUT2D eigenvalue weighted by Crippen LogP contribution is -2.29. The highest BCUT2D eigenvalue weighted by Gasteiger charge is 2.17. The number of thioether (sulfide) groups is 1. The van der Waals surface area contributed by atoms with Crippen LogP contribution in [0, 0.1) is 0 Å². The van der Waals surface area contributed by atoms with Crippen molar-refractivity contribution in [3.05, 3.63) is 24.2 Å². The van der Waals surface area contributed by atoms with E-state index in [1.165, 1.54) is 17.7 Å². The SMILES string of the molecule is C1=C(c2ccn(C3CCNCC3)n2)SCCN1. The highest BCUT2D eigenvalue weighted by Crippen LogP contribution is 2.28. The third kappa shape index (κ3) is 2.50. The first-order valence-electron chi connectivity index (χ1n) is 6.26. The number of nitrogens with one attached hydrogen (secondary N) is 2. The van der Waals surface area contributed by atoms with Crippen molar-refractivity contribution < 1.29 is 0 Å². The van der Waals surface area contributed by atoms with Gasteiger partial charge in [0.05, 0.1) is 10.9 Å². The van der Waals surface area contributed by atoms with Gasteiger partial charge in [0.2, 0.25) is 0 Å². The van der Waals surface area contributed by atoms with Gasteiger partial charge in [0.15, 0.2) is 0 Å². The van der Waals surface area contributed by atoms with Crippen LogP contribution in [0.2, 0.25) is 0 Å². The molecule has 0 unspecified atom stereocenters. The van der Waals surface area contributed by atoms with Crippen molar-refractivity contribution in [3.63, 3.8) is 0 Å². The van der Waals surface area contributed by atoms with Crippen molar-refractivity contribution >= 4 is 16.7 Å². The Balaban J connectivity index is 1.75. The summed E-state index contributed by atoms with van der Waals surface area (Å²) in [6.07, 6.45) is 6.59. The smallest absolute Gasteiger partial charge is 0.100 e. The summed E-state index contributed by atoms with van der Waals surface area (Å²) in [7, 11) is 0. The second-order valence-electron chi connectivity index (χ2n) is 4.47. The molecular weight excluding hydrogens is 232 g/mol. The van der Waals surface area contributed by atoms with E-state index in [4.69, 9.17) is 5.10 Å². The number of hydrogen-bond acceptors (Lipinski definition) is 4. The molecule has 2 aliphatic heterocycles. The second kappa shape index (κ2) is 5.14. The normalized spacial score (nSPS) is 22.0. The van der Waals surface area contributed by atoms with E-state index in [0.717, 1.165) is 31.1 Å². The fraction of sp³-hybridized carbons (Fsp3) is 0.583. The summed E-state index contributed by atoms with van der Waals surface area (Å²) in [5, 5.41) is 11.4. The zero-order valence-electron chi connectivity index (χ0n) is 9.85. The van der Waals surface area contributed by atoms with Crippen LogP contribution in [0.3, 0.4) is 0 Å². The Bertz CT molecular complexity index is 406. The monoisotopic (exact) mass is 250 g/mol. The summed E-state index contributed by atoms with van der Waals surface area (Å²) >= 11 is 1.89. The zero-order chi connectivity index (χ0) is 11.5. The van der Waals surface area contributed by atoms with Gasteiger partial charge >= 0.3 is 0 Å². The fourth-order valence-electron chi connectivity index (χ4n) is 2.32. The number of nitrogens with zero attached hydrogens (tertiary/aromatic N) is 2. The van der Waals surface area contributed by atoms with Crippen molar-refractivity contribution in [2.24, 2.45) is 0 Å². The van der Waals surface area contributed by atoms with Crippen LogP contribution in [0.5, 0.6) is 0 Å². The van der Waals surface area contributed by atoms with Gasteiger partial charge in [-0.05, 0) is 32.0 Å². The van der Waals surface area contributed by atoms with Crippen LogP contribution in [0.25, 0.3) is 4.91 Å². The van der Waals surface area contributed by atoms with Gasteiger partial charge in [-0.2, -0.15) is 5.10 Å². The van der Waals surface area contributed by atoms with Gasteiger partial charge in [-0.15, -0.1) is 11.8 Å².